The fourth-order valence-electron chi connectivity index (χ4n) is 4.55. The van der Waals surface area contributed by atoms with Gasteiger partial charge in [-0.2, -0.15) is 0 Å². The second-order valence-electron chi connectivity index (χ2n) is 7.62. The van der Waals surface area contributed by atoms with Crippen molar-refractivity contribution in [1.29, 1.82) is 0 Å². The molecular formula is C23H22N3O3+. The van der Waals surface area contributed by atoms with Crippen LogP contribution in [0, 0.1) is 4.91 Å². The van der Waals surface area contributed by atoms with E-state index in [1.165, 1.54) is 22.8 Å². The van der Waals surface area contributed by atoms with Gasteiger partial charge in [-0.15, -0.1) is 0 Å². The van der Waals surface area contributed by atoms with E-state index >= 15 is 0 Å². The Morgan fingerprint density at radius 1 is 1.03 bits per heavy atom. The maximum Gasteiger partial charge on any atom is 0.321 e. The normalized spacial score (nSPS) is 19.9. The zero-order valence-corrected chi connectivity index (χ0v) is 15.9. The number of anilines is 1. The standard InChI is InChI=1S/C23H22N3O3/c27-26(28)18-10-13-24-21(16-18)25-14-11-23(12-15-25)20-9-5-4-8-19(20)22(29-23)17-6-2-1-3-7-17/h1-10,13,16,22H,11-12,14-15H2,(H,27,28)/q+1. The predicted molar refractivity (Wildman–Crippen MR) is 108 cm³/mol. The summed E-state index contributed by atoms with van der Waals surface area (Å²) in [4.78, 5) is 17.6. The minimum Gasteiger partial charge on any atom is -0.357 e. The summed E-state index contributed by atoms with van der Waals surface area (Å²) >= 11 is 0. The maximum atomic E-state index is 11.2. The van der Waals surface area contributed by atoms with Crippen molar-refractivity contribution < 1.29 is 14.9 Å². The first-order valence-electron chi connectivity index (χ1n) is 9.86. The van der Waals surface area contributed by atoms with Gasteiger partial charge in [0.25, 0.3) is 4.92 Å². The Labute approximate surface area is 168 Å². The zero-order valence-electron chi connectivity index (χ0n) is 15.9. The monoisotopic (exact) mass is 388 g/mol. The summed E-state index contributed by atoms with van der Waals surface area (Å²) in [6.45, 7) is 1.52. The van der Waals surface area contributed by atoms with E-state index in [0.29, 0.717) is 5.82 Å². The fourth-order valence-corrected chi connectivity index (χ4v) is 4.55. The number of hydrogen-bond acceptors (Lipinski definition) is 4. The molecule has 1 aromatic heterocycles. The van der Waals surface area contributed by atoms with E-state index in [9.17, 15) is 10.1 Å². The van der Waals surface area contributed by atoms with Crippen LogP contribution >= 0.6 is 0 Å². The Hall–Kier alpha value is -3.25. The van der Waals surface area contributed by atoms with Crippen molar-refractivity contribution in [2.24, 2.45) is 0 Å². The summed E-state index contributed by atoms with van der Waals surface area (Å²) < 4.78 is 6.75. The molecule has 0 radical (unpaired) electrons. The number of hydrogen-bond donors (Lipinski definition) is 1. The molecule has 2 aliphatic heterocycles. The summed E-state index contributed by atoms with van der Waals surface area (Å²) in [7, 11) is 0. The Morgan fingerprint density at radius 3 is 2.52 bits per heavy atom. The average Bonchev–Trinajstić information content (AvgIpc) is 3.09. The molecule has 6 heteroatoms. The second-order valence-corrected chi connectivity index (χ2v) is 7.62. The summed E-state index contributed by atoms with van der Waals surface area (Å²) in [5.41, 5.74) is 3.56. The van der Waals surface area contributed by atoms with Crippen LogP contribution < -0.4 is 4.90 Å². The van der Waals surface area contributed by atoms with Crippen LogP contribution in [0.25, 0.3) is 0 Å². The van der Waals surface area contributed by atoms with E-state index in [2.05, 4.69) is 46.3 Å². The topological polar surface area (TPSA) is 65.7 Å². The Balaban J connectivity index is 1.42. The minimum atomic E-state index is -0.313. The van der Waals surface area contributed by atoms with Gasteiger partial charge in [0.05, 0.1) is 16.6 Å². The lowest BCUT2D eigenvalue weighted by Crippen LogP contribution is -2.43. The number of aromatic nitrogens is 1. The largest absolute Gasteiger partial charge is 0.357 e. The third kappa shape index (κ3) is 3.06. The van der Waals surface area contributed by atoms with Crippen LogP contribution in [0.15, 0.2) is 72.9 Å². The Kier molecular flexibility index (Phi) is 4.28. The lowest BCUT2D eigenvalue weighted by Gasteiger charge is -2.40. The average molecular weight is 388 g/mol. The van der Waals surface area contributed by atoms with Gasteiger partial charge in [-0.3, -0.25) is 0 Å². The van der Waals surface area contributed by atoms with Crippen LogP contribution in [0.2, 0.25) is 0 Å². The van der Waals surface area contributed by atoms with Gasteiger partial charge in [-0.25, -0.2) is 10.2 Å². The molecule has 0 saturated carbocycles. The van der Waals surface area contributed by atoms with E-state index in [-0.39, 0.29) is 22.3 Å². The van der Waals surface area contributed by atoms with Gasteiger partial charge in [0, 0.05) is 25.4 Å². The van der Waals surface area contributed by atoms with E-state index in [1.54, 1.807) is 12.3 Å². The zero-order chi connectivity index (χ0) is 19.8. The number of pyridine rings is 1. The van der Waals surface area contributed by atoms with Gasteiger partial charge in [0.1, 0.15) is 11.9 Å². The number of benzene rings is 2. The first-order valence-corrected chi connectivity index (χ1v) is 9.86. The molecule has 3 heterocycles. The van der Waals surface area contributed by atoms with E-state index in [1.807, 2.05) is 18.2 Å². The van der Waals surface area contributed by atoms with Crippen LogP contribution in [-0.2, 0) is 10.3 Å². The van der Waals surface area contributed by atoms with Crippen molar-refractivity contribution >= 4 is 11.5 Å². The number of piperidine rings is 1. The van der Waals surface area contributed by atoms with E-state index < -0.39 is 0 Å². The quantitative estimate of drug-likeness (QED) is 0.670. The highest BCUT2D eigenvalue weighted by Crippen LogP contribution is 2.51. The highest BCUT2D eigenvalue weighted by Gasteiger charge is 2.47. The number of nitrogens with zero attached hydrogens (tertiary/aromatic N) is 3. The van der Waals surface area contributed by atoms with Gasteiger partial charge in [0.15, 0.2) is 0 Å². The highest BCUT2D eigenvalue weighted by molar-refractivity contribution is 5.49. The molecular weight excluding hydrogens is 366 g/mol. The third-order valence-corrected chi connectivity index (χ3v) is 6.02. The van der Waals surface area contributed by atoms with E-state index in [0.717, 1.165) is 25.9 Å². The minimum absolute atomic E-state index is 0.0520. The molecule has 146 valence electrons. The molecule has 1 spiro atoms. The molecule has 2 aromatic carbocycles. The van der Waals surface area contributed by atoms with Crippen LogP contribution in [0.5, 0.6) is 0 Å². The van der Waals surface area contributed by atoms with Gasteiger partial charge in [0.2, 0.25) is 0 Å². The first kappa shape index (κ1) is 17.8. The highest BCUT2D eigenvalue weighted by atomic mass is 16.6. The number of rotatable bonds is 3. The van der Waals surface area contributed by atoms with Gasteiger partial charge in [-0.05, 0) is 29.5 Å². The summed E-state index contributed by atoms with van der Waals surface area (Å²) in [5, 5.41) is 9.17. The summed E-state index contributed by atoms with van der Waals surface area (Å²) in [6, 6.07) is 22.0. The molecule has 5 rings (SSSR count). The molecule has 1 N–H and O–H groups in total. The number of fused-ring (bicyclic) bond motifs is 2. The number of ether oxygens (including phenoxy) is 1. The van der Waals surface area contributed by atoms with Crippen molar-refractivity contribution in [1.82, 2.24) is 4.98 Å². The van der Waals surface area contributed by atoms with Crippen molar-refractivity contribution in [3.63, 3.8) is 0 Å². The fraction of sp³-hybridized carbons (Fsp3) is 0.261. The van der Waals surface area contributed by atoms with Crippen molar-refractivity contribution in [2.75, 3.05) is 18.0 Å². The molecule has 6 nitrogen and oxygen atoms in total. The van der Waals surface area contributed by atoms with Crippen LogP contribution in [0.1, 0.15) is 35.6 Å². The summed E-state index contributed by atoms with van der Waals surface area (Å²) in [6.07, 6.45) is 3.16. The molecule has 0 amide bonds. The second kappa shape index (κ2) is 6.97. The smallest absolute Gasteiger partial charge is 0.321 e. The molecule has 3 aromatic rings. The van der Waals surface area contributed by atoms with Crippen LogP contribution in [0.4, 0.5) is 11.5 Å². The molecule has 0 bridgehead atoms. The lowest BCUT2D eigenvalue weighted by atomic mass is 9.83. The third-order valence-electron chi connectivity index (χ3n) is 6.02. The molecule has 2 aliphatic rings. The van der Waals surface area contributed by atoms with Crippen LogP contribution in [-0.4, -0.2) is 28.2 Å². The molecule has 1 saturated heterocycles. The van der Waals surface area contributed by atoms with Crippen molar-refractivity contribution in [2.45, 2.75) is 24.5 Å². The lowest BCUT2D eigenvalue weighted by molar-refractivity contribution is -0.729. The first-order chi connectivity index (χ1) is 14.2. The molecule has 1 unspecified atom stereocenters. The Morgan fingerprint density at radius 2 is 1.76 bits per heavy atom. The van der Waals surface area contributed by atoms with Crippen molar-refractivity contribution in [3.8, 4) is 0 Å². The predicted octanol–water partition coefficient (Wildman–Crippen LogP) is 4.50. The van der Waals surface area contributed by atoms with Crippen molar-refractivity contribution in [3.05, 3.63) is 94.5 Å². The molecule has 29 heavy (non-hydrogen) atoms. The molecule has 1 atom stereocenters. The molecule has 0 aliphatic carbocycles. The van der Waals surface area contributed by atoms with Gasteiger partial charge < -0.3 is 9.64 Å². The van der Waals surface area contributed by atoms with Gasteiger partial charge >= 0.3 is 5.69 Å². The van der Waals surface area contributed by atoms with Crippen LogP contribution in [0.3, 0.4) is 0 Å². The maximum absolute atomic E-state index is 11.2. The van der Waals surface area contributed by atoms with Gasteiger partial charge in [-0.1, -0.05) is 54.6 Å². The molecule has 1 fully saturated rings. The summed E-state index contributed by atoms with van der Waals surface area (Å²) in [5.74, 6) is 0.693. The van der Waals surface area contributed by atoms with E-state index in [4.69, 9.17) is 4.74 Å². The Bertz CT molecular complexity index is 1050. The SMILES string of the molecule is O=[N+](O)c1ccnc(N2CCC3(CC2)OC(c2ccccc2)c2ccccc23)c1.